The van der Waals surface area contributed by atoms with E-state index in [0.29, 0.717) is 0 Å². The molecule has 0 spiro atoms. The van der Waals surface area contributed by atoms with Crippen LogP contribution in [0.2, 0.25) is 0 Å². The molecule has 6 nitrogen and oxygen atoms in total. The Morgan fingerprint density at radius 3 is 2.48 bits per heavy atom. The third-order valence-electron chi connectivity index (χ3n) is 2.88. The number of rotatable bonds is 9. The van der Waals surface area contributed by atoms with Crippen LogP contribution in [0.4, 0.5) is 0 Å². The predicted octanol–water partition coefficient (Wildman–Crippen LogP) is 0.565. The molecule has 0 aliphatic heterocycles. The van der Waals surface area contributed by atoms with Crippen molar-refractivity contribution in [3.05, 3.63) is 17.0 Å². The Labute approximate surface area is 131 Å². The van der Waals surface area contributed by atoms with E-state index >= 15 is 0 Å². The van der Waals surface area contributed by atoms with Gasteiger partial charge in [-0.1, -0.05) is 6.92 Å². The third-order valence-corrected chi connectivity index (χ3v) is 7.27. The first-order valence-electron chi connectivity index (χ1n) is 6.60. The topological polar surface area (TPSA) is 83.6 Å². The number of sulfone groups is 1. The standard InChI is InChI=1S/C12H22N2O4S3/c1-4-13-8-7-11-5-6-12(19-11)21(17,18)14(2)9-10-20(3,15)16/h5-6,13H,4,7-10H2,1-3H3. The highest BCUT2D eigenvalue weighted by Crippen LogP contribution is 2.24. The molecule has 1 aromatic rings. The smallest absolute Gasteiger partial charge is 0.252 e. The highest BCUT2D eigenvalue weighted by atomic mass is 32.2. The fraction of sp³-hybridized carbons (Fsp3) is 0.667. The molecular weight excluding hydrogens is 332 g/mol. The predicted molar refractivity (Wildman–Crippen MR) is 86.1 cm³/mol. The van der Waals surface area contributed by atoms with Gasteiger partial charge in [-0.15, -0.1) is 11.3 Å². The molecule has 0 saturated heterocycles. The summed E-state index contributed by atoms with van der Waals surface area (Å²) in [6.07, 6.45) is 1.87. The quantitative estimate of drug-likeness (QED) is 0.655. The fourth-order valence-electron chi connectivity index (χ4n) is 1.59. The molecule has 0 bridgehead atoms. The van der Waals surface area contributed by atoms with Crippen molar-refractivity contribution in [2.24, 2.45) is 0 Å². The molecule has 9 heteroatoms. The molecule has 0 fully saturated rings. The van der Waals surface area contributed by atoms with Crippen LogP contribution in [-0.4, -0.2) is 59.8 Å². The average molecular weight is 355 g/mol. The second kappa shape index (κ2) is 7.68. The Balaban J connectivity index is 2.73. The van der Waals surface area contributed by atoms with Gasteiger partial charge in [0.2, 0.25) is 0 Å². The lowest BCUT2D eigenvalue weighted by Gasteiger charge is -2.15. The normalized spacial score (nSPS) is 13.0. The van der Waals surface area contributed by atoms with Crippen molar-refractivity contribution in [3.63, 3.8) is 0 Å². The Morgan fingerprint density at radius 2 is 1.90 bits per heavy atom. The number of hydrogen-bond donors (Lipinski definition) is 1. The third kappa shape index (κ3) is 6.03. The maximum absolute atomic E-state index is 12.3. The highest BCUT2D eigenvalue weighted by molar-refractivity contribution is 7.91. The van der Waals surface area contributed by atoms with Crippen LogP contribution in [0, 0.1) is 0 Å². The lowest BCUT2D eigenvalue weighted by molar-refractivity contribution is 0.486. The molecule has 0 aliphatic rings. The van der Waals surface area contributed by atoms with E-state index in [1.807, 2.05) is 6.92 Å². The van der Waals surface area contributed by atoms with Crippen LogP contribution in [0.15, 0.2) is 16.3 Å². The lowest BCUT2D eigenvalue weighted by atomic mass is 10.3. The van der Waals surface area contributed by atoms with Gasteiger partial charge in [0.1, 0.15) is 14.0 Å². The zero-order valence-corrected chi connectivity index (χ0v) is 14.9. The van der Waals surface area contributed by atoms with Crippen LogP contribution in [0.1, 0.15) is 11.8 Å². The molecule has 0 saturated carbocycles. The lowest BCUT2D eigenvalue weighted by Crippen LogP contribution is -2.31. The van der Waals surface area contributed by atoms with E-state index in [1.165, 1.54) is 18.4 Å². The molecule has 21 heavy (non-hydrogen) atoms. The molecule has 0 aromatic carbocycles. The van der Waals surface area contributed by atoms with Crippen LogP contribution in [0.3, 0.4) is 0 Å². The first kappa shape index (κ1) is 18.6. The van der Waals surface area contributed by atoms with Crippen molar-refractivity contribution in [2.45, 2.75) is 17.6 Å². The SMILES string of the molecule is CCNCCc1ccc(S(=O)(=O)N(C)CCS(C)(=O)=O)s1. The van der Waals surface area contributed by atoms with E-state index in [1.54, 1.807) is 12.1 Å². The van der Waals surface area contributed by atoms with Crippen molar-refractivity contribution in [2.75, 3.05) is 38.7 Å². The number of nitrogens with one attached hydrogen (secondary N) is 1. The molecule has 122 valence electrons. The molecule has 1 heterocycles. The maximum atomic E-state index is 12.3. The van der Waals surface area contributed by atoms with Gasteiger partial charge in [0.15, 0.2) is 0 Å². The zero-order valence-electron chi connectivity index (χ0n) is 12.5. The van der Waals surface area contributed by atoms with Crippen molar-refractivity contribution < 1.29 is 16.8 Å². The summed E-state index contributed by atoms with van der Waals surface area (Å²) >= 11 is 1.23. The van der Waals surface area contributed by atoms with E-state index in [-0.39, 0.29) is 16.5 Å². The molecule has 1 rings (SSSR count). The summed E-state index contributed by atoms with van der Waals surface area (Å²) in [5.74, 6) is -0.179. The van der Waals surface area contributed by atoms with Crippen molar-refractivity contribution >= 4 is 31.2 Å². The van der Waals surface area contributed by atoms with Gasteiger partial charge in [-0.3, -0.25) is 0 Å². The minimum Gasteiger partial charge on any atom is -0.317 e. The summed E-state index contributed by atoms with van der Waals surface area (Å²) in [6.45, 7) is 3.66. The van der Waals surface area contributed by atoms with Crippen molar-refractivity contribution in [1.29, 1.82) is 0 Å². The number of sulfonamides is 1. The number of likely N-dealkylation sites (N-methyl/N-ethyl adjacent to an activating group) is 1. The molecule has 1 N–H and O–H groups in total. The van der Waals surface area contributed by atoms with E-state index in [0.717, 1.165) is 34.9 Å². The van der Waals surface area contributed by atoms with E-state index in [4.69, 9.17) is 0 Å². The van der Waals surface area contributed by atoms with Gasteiger partial charge in [-0.25, -0.2) is 16.8 Å². The average Bonchev–Trinajstić information content (AvgIpc) is 2.84. The van der Waals surface area contributed by atoms with E-state index in [9.17, 15) is 16.8 Å². The fourth-order valence-corrected chi connectivity index (χ4v) is 5.05. The van der Waals surface area contributed by atoms with Crippen LogP contribution in [-0.2, 0) is 26.3 Å². The van der Waals surface area contributed by atoms with Crippen LogP contribution >= 0.6 is 11.3 Å². The Kier molecular flexibility index (Phi) is 6.79. The summed E-state index contributed by atoms with van der Waals surface area (Å²) in [5.41, 5.74) is 0. The monoisotopic (exact) mass is 354 g/mol. The molecular formula is C12H22N2O4S3. The highest BCUT2D eigenvalue weighted by Gasteiger charge is 2.23. The summed E-state index contributed by atoms with van der Waals surface area (Å²) in [5, 5.41) is 3.18. The first-order chi connectivity index (χ1) is 9.66. The second-order valence-corrected chi connectivity index (χ2v) is 10.5. The minimum atomic E-state index is -3.60. The van der Waals surface area contributed by atoms with E-state index < -0.39 is 19.9 Å². The second-order valence-electron chi connectivity index (χ2n) is 4.78. The number of hydrogen-bond acceptors (Lipinski definition) is 6. The van der Waals surface area contributed by atoms with Gasteiger partial charge in [-0.05, 0) is 31.6 Å². The van der Waals surface area contributed by atoms with E-state index in [2.05, 4.69) is 5.32 Å². The van der Waals surface area contributed by atoms with Gasteiger partial charge in [0, 0.05) is 24.7 Å². The van der Waals surface area contributed by atoms with Gasteiger partial charge in [0.05, 0.1) is 5.75 Å². The Bertz CT molecular complexity index is 650. The number of thiophene rings is 1. The molecule has 0 radical (unpaired) electrons. The van der Waals surface area contributed by atoms with Crippen molar-refractivity contribution in [3.8, 4) is 0 Å². The molecule has 1 aromatic heterocycles. The van der Waals surface area contributed by atoms with Gasteiger partial charge in [-0.2, -0.15) is 4.31 Å². The molecule has 0 unspecified atom stereocenters. The zero-order chi connectivity index (χ0) is 16.1. The van der Waals surface area contributed by atoms with Crippen LogP contribution in [0.5, 0.6) is 0 Å². The maximum Gasteiger partial charge on any atom is 0.252 e. The minimum absolute atomic E-state index is 0.0359. The first-order valence-corrected chi connectivity index (χ1v) is 10.9. The van der Waals surface area contributed by atoms with Crippen molar-refractivity contribution in [1.82, 2.24) is 9.62 Å². The summed E-state index contributed by atoms with van der Waals surface area (Å²) in [7, 11) is -5.39. The Morgan fingerprint density at radius 1 is 1.24 bits per heavy atom. The largest absolute Gasteiger partial charge is 0.317 e. The molecule has 0 atom stereocenters. The molecule has 0 aliphatic carbocycles. The van der Waals surface area contributed by atoms with Gasteiger partial charge in [0.25, 0.3) is 10.0 Å². The summed E-state index contributed by atoms with van der Waals surface area (Å²) in [4.78, 5) is 0.992. The number of nitrogens with zero attached hydrogens (tertiary/aromatic N) is 1. The Hall–Kier alpha value is -0.480. The molecule has 0 amide bonds. The summed E-state index contributed by atoms with van der Waals surface area (Å²) < 4.78 is 48.2. The van der Waals surface area contributed by atoms with Gasteiger partial charge < -0.3 is 5.32 Å². The van der Waals surface area contributed by atoms with Crippen LogP contribution in [0.25, 0.3) is 0 Å². The van der Waals surface area contributed by atoms with Crippen LogP contribution < -0.4 is 5.32 Å². The van der Waals surface area contributed by atoms with Gasteiger partial charge >= 0.3 is 0 Å². The summed E-state index contributed by atoms with van der Waals surface area (Å²) in [6, 6.07) is 3.39.